The number of carboxylic acid groups (broad SMARTS) is 1. The molecule has 0 aliphatic rings. The largest absolute Gasteiger partial charge is 0.478 e. The molecule has 0 aliphatic carbocycles. The first-order chi connectivity index (χ1) is 9.02. The summed E-state index contributed by atoms with van der Waals surface area (Å²) in [5, 5.41) is 11.1. The van der Waals surface area contributed by atoms with E-state index in [4.69, 9.17) is 10.8 Å². The fraction of sp³-hybridized carbons (Fsp3) is 0.231. The fourth-order valence-corrected chi connectivity index (χ4v) is 2.66. The Morgan fingerprint density at radius 2 is 2.26 bits per heavy atom. The van der Waals surface area contributed by atoms with E-state index in [1.165, 1.54) is 17.1 Å². The molecule has 100 valence electrons. The molecule has 0 saturated carbocycles. The van der Waals surface area contributed by atoms with Gasteiger partial charge in [0.25, 0.3) is 0 Å². The fourth-order valence-electron chi connectivity index (χ4n) is 1.83. The molecule has 0 radical (unpaired) electrons. The van der Waals surface area contributed by atoms with E-state index in [1.807, 2.05) is 36.4 Å². The highest BCUT2D eigenvalue weighted by atomic mass is 32.1. The summed E-state index contributed by atoms with van der Waals surface area (Å²) in [7, 11) is 1.86. The zero-order chi connectivity index (χ0) is 14.0. The van der Waals surface area contributed by atoms with Crippen molar-refractivity contribution in [2.24, 2.45) is 0 Å². The van der Waals surface area contributed by atoms with Crippen molar-refractivity contribution in [3.8, 4) is 0 Å². The summed E-state index contributed by atoms with van der Waals surface area (Å²) in [6.45, 7) is 2.03. The van der Waals surface area contributed by atoms with Crippen LogP contribution in [-0.2, 0) is 0 Å². The highest BCUT2D eigenvalue weighted by Crippen LogP contribution is 2.31. The van der Waals surface area contributed by atoms with E-state index in [2.05, 4.69) is 4.98 Å². The lowest BCUT2D eigenvalue weighted by Gasteiger charge is -2.26. The van der Waals surface area contributed by atoms with Crippen LogP contribution in [-0.4, -0.2) is 23.1 Å². The van der Waals surface area contributed by atoms with Gasteiger partial charge in [0.2, 0.25) is 0 Å². The molecule has 2 aromatic heterocycles. The molecule has 3 N–H and O–H groups in total. The second-order valence-corrected chi connectivity index (χ2v) is 5.18. The molecule has 2 aromatic rings. The number of nitrogen functional groups attached to an aromatic ring is 1. The number of nitrogens with two attached hydrogens (primary N) is 1. The lowest BCUT2D eigenvalue weighted by molar-refractivity contribution is 0.0698. The Bertz CT molecular complexity index is 584. The van der Waals surface area contributed by atoms with Gasteiger partial charge in [-0.2, -0.15) is 0 Å². The van der Waals surface area contributed by atoms with Crippen LogP contribution in [0.1, 0.15) is 28.2 Å². The average Bonchev–Trinajstić information content (AvgIpc) is 2.90. The molecule has 5 nitrogen and oxygen atoms in total. The summed E-state index contributed by atoms with van der Waals surface area (Å²) in [4.78, 5) is 18.3. The van der Waals surface area contributed by atoms with Crippen LogP contribution >= 0.6 is 11.3 Å². The molecule has 0 fully saturated rings. The van der Waals surface area contributed by atoms with Crippen molar-refractivity contribution >= 4 is 28.8 Å². The topological polar surface area (TPSA) is 79.5 Å². The third-order valence-corrected chi connectivity index (χ3v) is 4.11. The highest BCUT2D eigenvalue weighted by Gasteiger charge is 2.19. The normalized spacial score (nSPS) is 12.1. The Kier molecular flexibility index (Phi) is 3.71. The minimum Gasteiger partial charge on any atom is -0.478 e. The van der Waals surface area contributed by atoms with E-state index in [0.717, 1.165) is 0 Å². The van der Waals surface area contributed by atoms with Crippen LogP contribution in [0.3, 0.4) is 0 Å². The van der Waals surface area contributed by atoms with Crippen molar-refractivity contribution in [1.29, 1.82) is 0 Å². The molecular formula is C13H15N3O2S. The first-order valence-corrected chi connectivity index (χ1v) is 6.64. The number of nitrogens with zero attached hydrogens (tertiary/aromatic N) is 2. The Labute approximate surface area is 115 Å². The van der Waals surface area contributed by atoms with Crippen LogP contribution in [0.5, 0.6) is 0 Å². The number of aromatic nitrogens is 1. The third-order valence-electron chi connectivity index (χ3n) is 3.07. The van der Waals surface area contributed by atoms with Gasteiger partial charge in [-0.3, -0.25) is 0 Å². The minimum absolute atomic E-state index is 0.0789. The van der Waals surface area contributed by atoms with Gasteiger partial charge in [-0.25, -0.2) is 9.78 Å². The van der Waals surface area contributed by atoms with Gasteiger partial charge in [0.15, 0.2) is 5.82 Å². The van der Waals surface area contributed by atoms with Crippen LogP contribution < -0.4 is 10.6 Å². The van der Waals surface area contributed by atoms with E-state index >= 15 is 0 Å². The summed E-state index contributed by atoms with van der Waals surface area (Å²) < 4.78 is 0. The zero-order valence-corrected chi connectivity index (χ0v) is 11.5. The van der Waals surface area contributed by atoms with Gasteiger partial charge in [0.05, 0.1) is 17.3 Å². The van der Waals surface area contributed by atoms with Crippen molar-refractivity contribution in [2.45, 2.75) is 13.0 Å². The Hall–Kier alpha value is -2.08. The maximum Gasteiger partial charge on any atom is 0.337 e. The number of thiophene rings is 1. The maximum absolute atomic E-state index is 11.1. The summed E-state index contributed by atoms with van der Waals surface area (Å²) in [5.74, 6) is -0.556. The van der Waals surface area contributed by atoms with E-state index < -0.39 is 5.97 Å². The number of anilines is 2. The number of hydrogen-bond acceptors (Lipinski definition) is 5. The summed E-state index contributed by atoms with van der Waals surface area (Å²) in [6.07, 6.45) is 1.47. The number of carboxylic acids is 1. The SMILES string of the molecule is CC(c1cccs1)N(C)c1nccc(C(=O)O)c1N. The predicted octanol–water partition coefficient (Wildman–Crippen LogP) is 2.62. The minimum atomic E-state index is -1.04. The van der Waals surface area contributed by atoms with Crippen LogP contribution in [0.15, 0.2) is 29.8 Å². The molecule has 0 bridgehead atoms. The molecule has 0 spiro atoms. The smallest absolute Gasteiger partial charge is 0.337 e. The van der Waals surface area contributed by atoms with E-state index in [1.54, 1.807) is 11.3 Å². The van der Waals surface area contributed by atoms with Gasteiger partial charge >= 0.3 is 5.97 Å². The van der Waals surface area contributed by atoms with Crippen molar-refractivity contribution < 1.29 is 9.90 Å². The molecular weight excluding hydrogens is 262 g/mol. The highest BCUT2D eigenvalue weighted by molar-refractivity contribution is 7.10. The van der Waals surface area contributed by atoms with Crippen LogP contribution in [0.4, 0.5) is 11.5 Å². The maximum atomic E-state index is 11.1. The molecule has 0 aromatic carbocycles. The molecule has 0 saturated heterocycles. The predicted molar refractivity (Wildman–Crippen MR) is 76.7 cm³/mol. The zero-order valence-electron chi connectivity index (χ0n) is 10.7. The molecule has 1 unspecified atom stereocenters. The number of aromatic carboxylic acids is 1. The monoisotopic (exact) mass is 277 g/mol. The van der Waals surface area contributed by atoms with Gasteiger partial charge in [0.1, 0.15) is 0 Å². The number of rotatable bonds is 4. The van der Waals surface area contributed by atoms with Crippen molar-refractivity contribution in [3.63, 3.8) is 0 Å². The van der Waals surface area contributed by atoms with Crippen LogP contribution in [0.2, 0.25) is 0 Å². The molecule has 0 aliphatic heterocycles. The summed E-state index contributed by atoms with van der Waals surface area (Å²) in [6, 6.07) is 5.50. The third kappa shape index (κ3) is 2.53. The lowest BCUT2D eigenvalue weighted by atomic mass is 10.2. The summed E-state index contributed by atoms with van der Waals surface area (Å²) >= 11 is 1.64. The van der Waals surface area contributed by atoms with E-state index in [-0.39, 0.29) is 17.3 Å². The standard InChI is InChI=1S/C13H15N3O2S/c1-8(10-4-3-7-19-10)16(2)12-11(14)9(13(17)18)5-6-15-12/h3-8H,14H2,1-2H3,(H,17,18). The van der Waals surface area contributed by atoms with Gasteiger partial charge in [-0.05, 0) is 24.4 Å². The summed E-state index contributed by atoms with van der Waals surface area (Å²) in [5.41, 5.74) is 6.17. The van der Waals surface area contributed by atoms with Crippen LogP contribution in [0.25, 0.3) is 0 Å². The number of hydrogen-bond donors (Lipinski definition) is 2. The Morgan fingerprint density at radius 3 is 2.84 bits per heavy atom. The molecule has 2 heterocycles. The van der Waals surface area contributed by atoms with Crippen LogP contribution in [0, 0.1) is 0 Å². The van der Waals surface area contributed by atoms with E-state index in [0.29, 0.717) is 5.82 Å². The van der Waals surface area contributed by atoms with Gasteiger partial charge < -0.3 is 15.7 Å². The first-order valence-electron chi connectivity index (χ1n) is 5.76. The molecule has 1 atom stereocenters. The Balaban J connectivity index is 2.36. The van der Waals surface area contributed by atoms with Gasteiger partial charge in [0, 0.05) is 18.1 Å². The molecule has 0 amide bonds. The van der Waals surface area contributed by atoms with Gasteiger partial charge in [-0.1, -0.05) is 6.07 Å². The van der Waals surface area contributed by atoms with Gasteiger partial charge in [-0.15, -0.1) is 11.3 Å². The average molecular weight is 277 g/mol. The van der Waals surface area contributed by atoms with Crippen molar-refractivity contribution in [3.05, 3.63) is 40.2 Å². The Morgan fingerprint density at radius 1 is 1.53 bits per heavy atom. The second kappa shape index (κ2) is 5.27. The lowest BCUT2D eigenvalue weighted by Crippen LogP contribution is -2.24. The second-order valence-electron chi connectivity index (χ2n) is 4.20. The quantitative estimate of drug-likeness (QED) is 0.898. The number of pyridine rings is 1. The molecule has 2 rings (SSSR count). The van der Waals surface area contributed by atoms with Crippen molar-refractivity contribution in [2.75, 3.05) is 17.7 Å². The molecule has 19 heavy (non-hydrogen) atoms. The van der Waals surface area contributed by atoms with Crippen molar-refractivity contribution in [1.82, 2.24) is 4.98 Å². The first kappa shape index (κ1) is 13.4. The number of carbonyl (C=O) groups is 1. The molecule has 6 heteroatoms. The van der Waals surface area contributed by atoms with E-state index in [9.17, 15) is 4.79 Å².